The van der Waals surface area contributed by atoms with Gasteiger partial charge in [-0.3, -0.25) is 4.79 Å². The van der Waals surface area contributed by atoms with E-state index in [2.05, 4.69) is 5.32 Å². The summed E-state index contributed by atoms with van der Waals surface area (Å²) in [7, 11) is 0. The molecule has 0 bridgehead atoms. The number of nitrogens with one attached hydrogen (secondary N) is 1. The predicted octanol–water partition coefficient (Wildman–Crippen LogP) is -3.69. The topological polar surface area (TPSA) is 130 Å². The molecule has 0 aliphatic heterocycles. The minimum Gasteiger partial charge on any atom is -0.388 e. The molecule has 2 unspecified atom stereocenters. The normalized spacial score (nSPS) is 46.3. The Hall–Kier alpha value is -0.730. The van der Waals surface area contributed by atoms with Gasteiger partial charge in [-0.15, -0.1) is 0 Å². The number of carbonyl (C=O) groups excluding carboxylic acids is 1. The number of hydrogen-bond donors (Lipinski definition) is 6. The molecule has 0 saturated heterocycles. The third kappa shape index (κ3) is 2.27. The van der Waals surface area contributed by atoms with Crippen molar-refractivity contribution in [1.82, 2.24) is 5.32 Å². The highest BCUT2D eigenvalue weighted by Crippen LogP contribution is 2.21. The summed E-state index contributed by atoms with van der Waals surface area (Å²) in [6.07, 6.45) is -7.91. The molecule has 1 amide bonds. The number of carbonyl (C=O) groups is 1. The fraction of sp³-hybridized carbons (Fsp3) is 0.875. The molecule has 0 radical (unpaired) electrons. The SMILES string of the molecule is CC(=O)NC1[C@@H](O)[C@H](O)C(O)[C@@H](O)[C@H]1O. The quantitative estimate of drug-likeness (QED) is 0.270. The molecule has 1 fully saturated rings. The monoisotopic (exact) mass is 221 g/mol. The van der Waals surface area contributed by atoms with E-state index in [1.165, 1.54) is 6.92 Å². The van der Waals surface area contributed by atoms with E-state index >= 15 is 0 Å². The number of aliphatic hydroxyl groups is 5. The Kier molecular flexibility index (Phi) is 3.63. The molecule has 0 aromatic rings. The van der Waals surface area contributed by atoms with Gasteiger partial charge in [-0.25, -0.2) is 0 Å². The average Bonchev–Trinajstić information content (AvgIpc) is 2.18. The van der Waals surface area contributed by atoms with Gasteiger partial charge in [-0.2, -0.15) is 0 Å². The summed E-state index contributed by atoms with van der Waals surface area (Å²) in [6, 6.07) is -1.20. The molecule has 0 aromatic carbocycles. The summed E-state index contributed by atoms with van der Waals surface area (Å²) >= 11 is 0. The molecule has 0 aromatic heterocycles. The highest BCUT2D eigenvalue weighted by molar-refractivity contribution is 5.73. The molecule has 88 valence electrons. The van der Waals surface area contributed by atoms with Crippen LogP contribution in [0.5, 0.6) is 0 Å². The molecule has 6 atom stereocenters. The van der Waals surface area contributed by atoms with Crippen molar-refractivity contribution in [3.63, 3.8) is 0 Å². The first-order chi connectivity index (χ1) is 6.86. The minimum atomic E-state index is -1.64. The molecular weight excluding hydrogens is 206 g/mol. The number of hydrogen-bond acceptors (Lipinski definition) is 6. The van der Waals surface area contributed by atoms with Crippen LogP contribution < -0.4 is 5.32 Å². The number of aliphatic hydroxyl groups excluding tert-OH is 5. The second-order valence-electron chi connectivity index (χ2n) is 3.68. The van der Waals surface area contributed by atoms with Gasteiger partial charge < -0.3 is 30.8 Å². The van der Waals surface area contributed by atoms with Crippen LogP contribution in [0, 0.1) is 0 Å². The average molecular weight is 221 g/mol. The molecular formula is C8H15NO6. The van der Waals surface area contributed by atoms with E-state index < -0.39 is 42.5 Å². The van der Waals surface area contributed by atoms with Crippen molar-refractivity contribution in [3.8, 4) is 0 Å². The Labute approximate surface area is 86.0 Å². The first-order valence-electron chi connectivity index (χ1n) is 4.53. The van der Waals surface area contributed by atoms with Gasteiger partial charge in [0.25, 0.3) is 0 Å². The summed E-state index contributed by atoms with van der Waals surface area (Å²) in [6.45, 7) is 1.17. The first kappa shape index (κ1) is 12.3. The van der Waals surface area contributed by atoms with Crippen LogP contribution in [0.4, 0.5) is 0 Å². The first-order valence-corrected chi connectivity index (χ1v) is 4.53. The molecule has 0 heterocycles. The fourth-order valence-electron chi connectivity index (χ4n) is 1.64. The largest absolute Gasteiger partial charge is 0.388 e. The van der Waals surface area contributed by atoms with E-state index in [1.807, 2.05) is 0 Å². The Balaban J connectivity index is 2.81. The molecule has 7 heteroatoms. The molecule has 0 spiro atoms. The lowest BCUT2D eigenvalue weighted by atomic mass is 9.83. The van der Waals surface area contributed by atoms with E-state index in [0.29, 0.717) is 0 Å². The third-order valence-corrected chi connectivity index (χ3v) is 2.51. The maximum Gasteiger partial charge on any atom is 0.217 e. The lowest BCUT2D eigenvalue weighted by Crippen LogP contribution is -2.68. The Morgan fingerprint density at radius 2 is 1.20 bits per heavy atom. The summed E-state index contributed by atoms with van der Waals surface area (Å²) in [4.78, 5) is 10.7. The summed E-state index contributed by atoms with van der Waals surface area (Å²) in [5, 5.41) is 48.9. The maximum absolute atomic E-state index is 10.7. The molecule has 15 heavy (non-hydrogen) atoms. The van der Waals surface area contributed by atoms with Crippen LogP contribution >= 0.6 is 0 Å². The van der Waals surface area contributed by atoms with E-state index in [1.54, 1.807) is 0 Å². The van der Waals surface area contributed by atoms with Crippen LogP contribution in [0.1, 0.15) is 6.92 Å². The molecule has 1 saturated carbocycles. The van der Waals surface area contributed by atoms with Crippen molar-refractivity contribution in [2.45, 2.75) is 43.5 Å². The molecule has 1 aliphatic carbocycles. The highest BCUT2D eigenvalue weighted by Gasteiger charge is 2.48. The molecule has 7 nitrogen and oxygen atoms in total. The lowest BCUT2D eigenvalue weighted by Gasteiger charge is -2.41. The van der Waals surface area contributed by atoms with Crippen LogP contribution in [-0.4, -0.2) is 68.0 Å². The van der Waals surface area contributed by atoms with Crippen LogP contribution in [0.3, 0.4) is 0 Å². The van der Waals surface area contributed by atoms with Gasteiger partial charge in [0.1, 0.15) is 30.5 Å². The van der Waals surface area contributed by atoms with Crippen LogP contribution in [0.2, 0.25) is 0 Å². The zero-order chi connectivity index (χ0) is 11.7. The number of rotatable bonds is 1. The minimum absolute atomic E-state index is 0.520. The molecule has 1 rings (SSSR count). The zero-order valence-corrected chi connectivity index (χ0v) is 8.11. The van der Waals surface area contributed by atoms with E-state index in [4.69, 9.17) is 0 Å². The summed E-state index contributed by atoms with van der Waals surface area (Å²) in [5.74, 6) is -0.520. The van der Waals surface area contributed by atoms with Crippen LogP contribution in [0.15, 0.2) is 0 Å². The standard InChI is InChI=1S/C8H15NO6/c1-2(10)9-3-4(11)6(13)8(15)7(14)5(3)12/h3-8,11-15H,1H3,(H,9,10)/t3?,4-,5+,6-,7-,8?/m0/s1. The second-order valence-corrected chi connectivity index (χ2v) is 3.68. The lowest BCUT2D eigenvalue weighted by molar-refractivity contribution is -0.191. The van der Waals surface area contributed by atoms with Crippen molar-refractivity contribution in [3.05, 3.63) is 0 Å². The fourth-order valence-corrected chi connectivity index (χ4v) is 1.64. The maximum atomic E-state index is 10.7. The van der Waals surface area contributed by atoms with Crippen molar-refractivity contribution < 1.29 is 30.3 Å². The van der Waals surface area contributed by atoms with Gasteiger partial charge >= 0.3 is 0 Å². The van der Waals surface area contributed by atoms with E-state index in [-0.39, 0.29) is 0 Å². The smallest absolute Gasteiger partial charge is 0.217 e. The van der Waals surface area contributed by atoms with Crippen molar-refractivity contribution in [2.75, 3.05) is 0 Å². The van der Waals surface area contributed by atoms with E-state index in [9.17, 15) is 30.3 Å². The van der Waals surface area contributed by atoms with Gasteiger partial charge in [-0.1, -0.05) is 0 Å². The molecule has 1 aliphatic rings. The van der Waals surface area contributed by atoms with Crippen molar-refractivity contribution >= 4 is 5.91 Å². The van der Waals surface area contributed by atoms with E-state index in [0.717, 1.165) is 0 Å². The van der Waals surface area contributed by atoms with Crippen LogP contribution in [-0.2, 0) is 4.79 Å². The van der Waals surface area contributed by atoms with Gasteiger partial charge in [0.2, 0.25) is 5.91 Å². The predicted molar refractivity (Wildman–Crippen MR) is 47.6 cm³/mol. The zero-order valence-electron chi connectivity index (χ0n) is 8.11. The van der Waals surface area contributed by atoms with Gasteiger partial charge in [0, 0.05) is 6.92 Å². The third-order valence-electron chi connectivity index (χ3n) is 2.51. The van der Waals surface area contributed by atoms with Gasteiger partial charge in [0.05, 0.1) is 6.04 Å². The molecule has 6 N–H and O–H groups in total. The highest BCUT2D eigenvalue weighted by atomic mass is 16.4. The second kappa shape index (κ2) is 4.42. The Morgan fingerprint density at radius 3 is 1.53 bits per heavy atom. The van der Waals surface area contributed by atoms with Crippen LogP contribution in [0.25, 0.3) is 0 Å². The van der Waals surface area contributed by atoms with Crippen molar-refractivity contribution in [2.24, 2.45) is 0 Å². The number of amides is 1. The Morgan fingerprint density at radius 1 is 0.867 bits per heavy atom. The Bertz CT molecular complexity index is 231. The summed E-state index contributed by atoms with van der Waals surface area (Å²) < 4.78 is 0. The van der Waals surface area contributed by atoms with Gasteiger partial charge in [-0.05, 0) is 0 Å². The van der Waals surface area contributed by atoms with Crippen molar-refractivity contribution in [1.29, 1.82) is 0 Å². The summed E-state index contributed by atoms with van der Waals surface area (Å²) in [5.41, 5.74) is 0. The van der Waals surface area contributed by atoms with Gasteiger partial charge in [0.15, 0.2) is 0 Å².